The van der Waals surface area contributed by atoms with Gasteiger partial charge in [-0.2, -0.15) is 0 Å². The fourth-order valence-electron chi connectivity index (χ4n) is 1.47. The highest BCUT2D eigenvalue weighted by Crippen LogP contribution is 2.01. The van der Waals surface area contributed by atoms with Crippen LogP contribution in [-0.2, 0) is 0 Å². The third kappa shape index (κ3) is 7.71. The van der Waals surface area contributed by atoms with Gasteiger partial charge in [0.1, 0.15) is 0 Å². The fraction of sp³-hybridized carbons (Fsp3) is 0.909. The third-order valence-corrected chi connectivity index (χ3v) is 2.95. The first-order valence-electron chi connectivity index (χ1n) is 5.63. The van der Waals surface area contributed by atoms with Crippen LogP contribution in [0.15, 0.2) is 0 Å². The van der Waals surface area contributed by atoms with Gasteiger partial charge in [0.25, 0.3) is 0 Å². The zero-order valence-electron chi connectivity index (χ0n) is 10.5. The predicted octanol–water partition coefficient (Wildman–Crippen LogP) is 1.18. The van der Waals surface area contributed by atoms with Crippen LogP contribution in [0.25, 0.3) is 0 Å². The van der Waals surface area contributed by atoms with E-state index >= 15 is 0 Å². The Kier molecular flexibility index (Phi) is 7.92. The molecule has 0 fully saturated rings. The smallest absolute Gasteiger partial charge is 0.0768 e. The van der Waals surface area contributed by atoms with E-state index in [0.717, 1.165) is 26.2 Å². The molecule has 0 bridgehead atoms. The molecule has 1 atom stereocenters. The summed E-state index contributed by atoms with van der Waals surface area (Å²) in [5.74, 6) is 0.319. The molecular formula is C11H25N3S. The van der Waals surface area contributed by atoms with Gasteiger partial charge in [0, 0.05) is 12.5 Å². The Morgan fingerprint density at radius 1 is 1.33 bits per heavy atom. The molecule has 0 aromatic heterocycles. The molecule has 3 nitrogen and oxygen atoms in total. The van der Waals surface area contributed by atoms with E-state index in [4.69, 9.17) is 18.0 Å². The molecule has 0 aromatic rings. The average molecular weight is 231 g/mol. The second-order valence-electron chi connectivity index (χ2n) is 4.35. The lowest BCUT2D eigenvalue weighted by molar-refractivity contribution is 0.254. The first kappa shape index (κ1) is 14.8. The lowest BCUT2D eigenvalue weighted by atomic mass is 10.1. The zero-order chi connectivity index (χ0) is 11.8. The first-order chi connectivity index (χ1) is 6.97. The molecule has 1 unspecified atom stereocenters. The van der Waals surface area contributed by atoms with Crippen LogP contribution in [0.5, 0.6) is 0 Å². The summed E-state index contributed by atoms with van der Waals surface area (Å²) in [7, 11) is 4.21. The Hall–Kier alpha value is -0.190. The van der Waals surface area contributed by atoms with Crippen molar-refractivity contribution in [1.82, 2.24) is 9.80 Å². The van der Waals surface area contributed by atoms with Gasteiger partial charge in [-0.15, -0.1) is 0 Å². The van der Waals surface area contributed by atoms with Crippen molar-refractivity contribution in [2.45, 2.75) is 20.3 Å². The molecule has 4 heteroatoms. The van der Waals surface area contributed by atoms with Gasteiger partial charge in [-0.3, -0.25) is 0 Å². The van der Waals surface area contributed by atoms with Crippen molar-refractivity contribution in [2.75, 3.05) is 40.3 Å². The molecule has 0 aromatic carbocycles. The van der Waals surface area contributed by atoms with Crippen molar-refractivity contribution >= 4 is 17.2 Å². The zero-order valence-corrected chi connectivity index (χ0v) is 11.3. The minimum atomic E-state index is 0.319. The van der Waals surface area contributed by atoms with Gasteiger partial charge in [-0.1, -0.05) is 26.1 Å². The van der Waals surface area contributed by atoms with Crippen molar-refractivity contribution in [3.05, 3.63) is 0 Å². The predicted molar refractivity (Wildman–Crippen MR) is 71.2 cm³/mol. The number of nitrogens with zero attached hydrogens (tertiary/aromatic N) is 2. The second kappa shape index (κ2) is 8.02. The van der Waals surface area contributed by atoms with Gasteiger partial charge < -0.3 is 15.5 Å². The summed E-state index contributed by atoms with van der Waals surface area (Å²) in [6.07, 6.45) is 1.20. The molecule has 0 heterocycles. The highest BCUT2D eigenvalue weighted by atomic mass is 32.1. The van der Waals surface area contributed by atoms with Crippen LogP contribution in [0.3, 0.4) is 0 Å². The average Bonchev–Trinajstić information content (AvgIpc) is 2.15. The Labute approximate surface area is 99.6 Å². The second-order valence-corrected chi connectivity index (χ2v) is 4.82. The fourth-order valence-corrected chi connectivity index (χ4v) is 1.54. The molecule has 0 rings (SSSR count). The summed E-state index contributed by atoms with van der Waals surface area (Å²) in [6.45, 7) is 8.60. The number of rotatable bonds is 8. The Balaban J connectivity index is 3.77. The standard InChI is InChI=1S/C11H25N3S/c1-5-14(8-6-7-13(3)4)9-10(2)11(12)15/h10H,5-9H2,1-4H3,(H2,12,15). The van der Waals surface area contributed by atoms with Crippen molar-refractivity contribution < 1.29 is 0 Å². The quantitative estimate of drug-likeness (QED) is 0.636. The number of nitrogens with two attached hydrogens (primary N) is 1. The van der Waals surface area contributed by atoms with E-state index in [0.29, 0.717) is 10.9 Å². The Morgan fingerprint density at radius 3 is 2.33 bits per heavy atom. The van der Waals surface area contributed by atoms with E-state index in [2.05, 4.69) is 37.7 Å². The molecule has 0 amide bonds. The molecule has 0 radical (unpaired) electrons. The molecule has 0 aliphatic rings. The van der Waals surface area contributed by atoms with Gasteiger partial charge in [0.15, 0.2) is 0 Å². The van der Waals surface area contributed by atoms with E-state index < -0.39 is 0 Å². The van der Waals surface area contributed by atoms with Crippen molar-refractivity contribution in [3.8, 4) is 0 Å². The van der Waals surface area contributed by atoms with Crippen LogP contribution in [0.4, 0.5) is 0 Å². The summed E-state index contributed by atoms with van der Waals surface area (Å²) in [4.78, 5) is 5.25. The van der Waals surface area contributed by atoms with E-state index in [1.165, 1.54) is 6.42 Å². The van der Waals surface area contributed by atoms with Gasteiger partial charge in [-0.05, 0) is 40.2 Å². The van der Waals surface area contributed by atoms with E-state index in [1.54, 1.807) is 0 Å². The number of hydrogen-bond donors (Lipinski definition) is 1. The summed E-state index contributed by atoms with van der Waals surface area (Å²) in [5.41, 5.74) is 5.61. The Bertz CT molecular complexity index is 183. The maximum Gasteiger partial charge on any atom is 0.0768 e. The number of thiocarbonyl (C=S) groups is 1. The van der Waals surface area contributed by atoms with Crippen LogP contribution in [-0.4, -0.2) is 55.1 Å². The van der Waals surface area contributed by atoms with Crippen LogP contribution < -0.4 is 5.73 Å². The van der Waals surface area contributed by atoms with Gasteiger partial charge >= 0.3 is 0 Å². The lowest BCUT2D eigenvalue weighted by Crippen LogP contribution is -2.35. The molecule has 0 saturated heterocycles. The summed E-state index contributed by atoms with van der Waals surface area (Å²) >= 11 is 4.98. The van der Waals surface area contributed by atoms with Crippen LogP contribution in [0.1, 0.15) is 20.3 Å². The summed E-state index contributed by atoms with van der Waals surface area (Å²) < 4.78 is 0. The third-order valence-electron chi connectivity index (χ3n) is 2.54. The van der Waals surface area contributed by atoms with Crippen molar-refractivity contribution in [2.24, 2.45) is 11.7 Å². The maximum absolute atomic E-state index is 5.61. The highest BCUT2D eigenvalue weighted by molar-refractivity contribution is 7.80. The molecule has 2 N–H and O–H groups in total. The molecule has 0 aliphatic carbocycles. The minimum absolute atomic E-state index is 0.319. The van der Waals surface area contributed by atoms with Gasteiger partial charge in [-0.25, -0.2) is 0 Å². The monoisotopic (exact) mass is 231 g/mol. The molecule has 0 aliphatic heterocycles. The molecule has 0 spiro atoms. The van der Waals surface area contributed by atoms with E-state index in [-0.39, 0.29) is 0 Å². The van der Waals surface area contributed by atoms with Crippen molar-refractivity contribution in [3.63, 3.8) is 0 Å². The molecule has 90 valence electrons. The molecular weight excluding hydrogens is 206 g/mol. The normalized spacial score (nSPS) is 13.5. The van der Waals surface area contributed by atoms with E-state index in [9.17, 15) is 0 Å². The highest BCUT2D eigenvalue weighted by Gasteiger charge is 2.10. The maximum atomic E-state index is 5.61. The summed E-state index contributed by atoms with van der Waals surface area (Å²) in [6, 6.07) is 0. The van der Waals surface area contributed by atoms with Crippen LogP contribution in [0, 0.1) is 5.92 Å². The van der Waals surface area contributed by atoms with Crippen LogP contribution >= 0.6 is 12.2 Å². The van der Waals surface area contributed by atoms with Crippen LogP contribution in [0.2, 0.25) is 0 Å². The largest absolute Gasteiger partial charge is 0.393 e. The van der Waals surface area contributed by atoms with Crippen molar-refractivity contribution in [1.29, 1.82) is 0 Å². The van der Waals surface area contributed by atoms with Gasteiger partial charge in [0.2, 0.25) is 0 Å². The van der Waals surface area contributed by atoms with Gasteiger partial charge in [0.05, 0.1) is 4.99 Å². The first-order valence-corrected chi connectivity index (χ1v) is 6.04. The molecule has 0 saturated carbocycles. The van der Waals surface area contributed by atoms with E-state index in [1.807, 2.05) is 0 Å². The lowest BCUT2D eigenvalue weighted by Gasteiger charge is -2.24. The molecule has 15 heavy (non-hydrogen) atoms. The Morgan fingerprint density at radius 2 is 1.93 bits per heavy atom. The minimum Gasteiger partial charge on any atom is -0.393 e. The summed E-state index contributed by atoms with van der Waals surface area (Å²) in [5, 5.41) is 0. The topological polar surface area (TPSA) is 32.5 Å². The SMILES string of the molecule is CCN(CCCN(C)C)CC(C)C(N)=S. The number of hydrogen-bond acceptors (Lipinski definition) is 3.